The molecule has 1 amide bonds. The Labute approximate surface area is 123 Å². The molecule has 1 aromatic rings. The summed E-state index contributed by atoms with van der Waals surface area (Å²) in [4.78, 5) is 11.9. The van der Waals surface area contributed by atoms with Crippen molar-refractivity contribution in [3.63, 3.8) is 0 Å². The highest BCUT2D eigenvalue weighted by Gasteiger charge is 2.30. The third-order valence-electron chi connectivity index (χ3n) is 3.14. The molecule has 1 N–H and O–H groups in total. The molecule has 4 heteroatoms. The van der Waals surface area contributed by atoms with Crippen molar-refractivity contribution < 1.29 is 4.79 Å². The van der Waals surface area contributed by atoms with Crippen LogP contribution < -0.4 is 5.32 Å². The number of nitriles is 1. The second kappa shape index (κ2) is 5.75. The zero-order valence-corrected chi connectivity index (χ0v) is 13.3. The number of hydrogen-bond donors (Lipinski definition) is 1. The number of benzene rings is 1. The largest absolute Gasteiger partial charge is 0.354 e. The van der Waals surface area contributed by atoms with E-state index in [-0.39, 0.29) is 11.3 Å². The smallest absolute Gasteiger partial charge is 0.239 e. The lowest BCUT2D eigenvalue weighted by Crippen LogP contribution is -2.42. The van der Waals surface area contributed by atoms with Crippen LogP contribution in [0.3, 0.4) is 0 Å². The molecule has 0 bridgehead atoms. The third-order valence-corrected chi connectivity index (χ3v) is 3.83. The highest BCUT2D eigenvalue weighted by atomic mass is 79.9. The summed E-state index contributed by atoms with van der Waals surface area (Å²) in [6.07, 6.45) is 0. The van der Waals surface area contributed by atoms with Crippen molar-refractivity contribution in [1.82, 2.24) is 5.32 Å². The first kappa shape index (κ1) is 15.7. The quantitative estimate of drug-likeness (QED) is 0.923. The van der Waals surface area contributed by atoms with Crippen LogP contribution >= 0.6 is 15.9 Å². The average Bonchev–Trinajstić information content (AvgIpc) is 2.36. The van der Waals surface area contributed by atoms with E-state index in [1.54, 1.807) is 13.8 Å². The molecule has 3 nitrogen and oxygen atoms in total. The van der Waals surface area contributed by atoms with Gasteiger partial charge in [-0.3, -0.25) is 4.79 Å². The van der Waals surface area contributed by atoms with Crippen molar-refractivity contribution in [1.29, 1.82) is 5.26 Å². The molecule has 0 radical (unpaired) electrons. The van der Waals surface area contributed by atoms with E-state index in [9.17, 15) is 4.79 Å². The SMILES string of the molecule is CC(C)(C#N)C(=O)NCC(C)(C)c1ccccc1Br. The molecule has 0 atom stereocenters. The van der Waals surface area contributed by atoms with Crippen LogP contribution in [-0.4, -0.2) is 12.5 Å². The predicted molar refractivity (Wildman–Crippen MR) is 79.6 cm³/mol. The Morgan fingerprint density at radius 2 is 1.89 bits per heavy atom. The Morgan fingerprint density at radius 3 is 2.42 bits per heavy atom. The van der Waals surface area contributed by atoms with Gasteiger partial charge in [-0.25, -0.2) is 0 Å². The first-order valence-corrected chi connectivity index (χ1v) is 6.94. The fraction of sp³-hybridized carbons (Fsp3) is 0.467. The van der Waals surface area contributed by atoms with Gasteiger partial charge in [0.25, 0.3) is 0 Å². The molecule has 0 aliphatic carbocycles. The van der Waals surface area contributed by atoms with Gasteiger partial charge in [0.15, 0.2) is 0 Å². The van der Waals surface area contributed by atoms with E-state index >= 15 is 0 Å². The summed E-state index contributed by atoms with van der Waals surface area (Å²) in [6, 6.07) is 9.96. The number of carbonyl (C=O) groups excluding carboxylic acids is 1. The summed E-state index contributed by atoms with van der Waals surface area (Å²) in [5.74, 6) is -0.241. The van der Waals surface area contributed by atoms with Gasteiger partial charge in [0, 0.05) is 16.4 Å². The zero-order valence-electron chi connectivity index (χ0n) is 11.7. The van der Waals surface area contributed by atoms with E-state index in [0.717, 1.165) is 10.0 Å². The number of nitrogens with zero attached hydrogens (tertiary/aromatic N) is 1. The number of nitrogens with one attached hydrogen (secondary N) is 1. The van der Waals surface area contributed by atoms with Gasteiger partial charge >= 0.3 is 0 Å². The van der Waals surface area contributed by atoms with E-state index in [1.165, 1.54) is 0 Å². The zero-order chi connectivity index (χ0) is 14.7. The summed E-state index contributed by atoms with van der Waals surface area (Å²) in [7, 11) is 0. The van der Waals surface area contributed by atoms with Gasteiger partial charge in [0.2, 0.25) is 5.91 Å². The molecule has 0 aromatic heterocycles. The van der Waals surface area contributed by atoms with Crippen LogP contribution in [0, 0.1) is 16.7 Å². The minimum Gasteiger partial charge on any atom is -0.354 e. The molecule has 1 rings (SSSR count). The Kier molecular flexibility index (Phi) is 4.75. The lowest BCUT2D eigenvalue weighted by atomic mass is 9.84. The molecule has 0 saturated heterocycles. The van der Waals surface area contributed by atoms with Crippen molar-refractivity contribution in [2.24, 2.45) is 5.41 Å². The van der Waals surface area contributed by atoms with Crippen LogP contribution in [0.2, 0.25) is 0 Å². The van der Waals surface area contributed by atoms with Crippen molar-refractivity contribution in [2.75, 3.05) is 6.54 Å². The summed E-state index contributed by atoms with van der Waals surface area (Å²) in [5.41, 5.74) is -0.0734. The molecular weight excluding hydrogens is 304 g/mol. The molecule has 0 unspecified atom stereocenters. The molecule has 1 aromatic carbocycles. The Bertz CT molecular complexity index is 515. The molecule has 0 aliphatic heterocycles. The van der Waals surface area contributed by atoms with Crippen molar-refractivity contribution >= 4 is 21.8 Å². The minimum atomic E-state index is -0.996. The van der Waals surface area contributed by atoms with Gasteiger partial charge in [-0.15, -0.1) is 0 Å². The van der Waals surface area contributed by atoms with Gasteiger partial charge in [-0.05, 0) is 25.5 Å². The third kappa shape index (κ3) is 3.81. The standard InChI is InChI=1S/C15H19BrN2O/c1-14(2,9-17)13(19)18-10-15(3,4)11-7-5-6-8-12(11)16/h5-8H,10H2,1-4H3,(H,18,19). The fourth-order valence-corrected chi connectivity index (χ4v) is 2.50. The molecule has 0 aliphatic rings. The van der Waals surface area contributed by atoms with Gasteiger partial charge in [-0.1, -0.05) is 48.0 Å². The summed E-state index contributed by atoms with van der Waals surface area (Å²) >= 11 is 3.53. The van der Waals surface area contributed by atoms with Crippen LogP contribution in [0.25, 0.3) is 0 Å². The minimum absolute atomic E-state index is 0.207. The lowest BCUT2D eigenvalue weighted by molar-refractivity contribution is -0.127. The maximum Gasteiger partial charge on any atom is 0.239 e. The lowest BCUT2D eigenvalue weighted by Gasteiger charge is -2.28. The van der Waals surface area contributed by atoms with E-state index in [1.807, 2.05) is 30.3 Å². The molecule has 0 saturated carbocycles. The van der Waals surface area contributed by atoms with Gasteiger partial charge < -0.3 is 5.32 Å². The number of rotatable bonds is 4. The monoisotopic (exact) mass is 322 g/mol. The summed E-state index contributed by atoms with van der Waals surface area (Å²) < 4.78 is 1.02. The molecule has 19 heavy (non-hydrogen) atoms. The van der Waals surface area contributed by atoms with E-state index in [2.05, 4.69) is 35.1 Å². The molecule has 0 heterocycles. The van der Waals surface area contributed by atoms with Crippen LogP contribution in [0.15, 0.2) is 28.7 Å². The van der Waals surface area contributed by atoms with Crippen molar-refractivity contribution in [2.45, 2.75) is 33.1 Å². The summed E-state index contributed by atoms with van der Waals surface area (Å²) in [5, 5.41) is 11.8. The highest BCUT2D eigenvalue weighted by molar-refractivity contribution is 9.10. The van der Waals surface area contributed by atoms with E-state index < -0.39 is 5.41 Å². The van der Waals surface area contributed by atoms with Crippen LogP contribution in [0.5, 0.6) is 0 Å². The van der Waals surface area contributed by atoms with Crippen molar-refractivity contribution in [3.05, 3.63) is 34.3 Å². The topological polar surface area (TPSA) is 52.9 Å². The molecular formula is C15H19BrN2O. The predicted octanol–water partition coefficient (Wildman–Crippen LogP) is 3.39. The van der Waals surface area contributed by atoms with Gasteiger partial charge in [0.05, 0.1) is 6.07 Å². The van der Waals surface area contributed by atoms with Crippen LogP contribution in [-0.2, 0) is 10.2 Å². The molecule has 0 spiro atoms. The second-order valence-corrected chi connectivity index (χ2v) is 6.64. The van der Waals surface area contributed by atoms with Crippen LogP contribution in [0.1, 0.15) is 33.3 Å². The Balaban J connectivity index is 2.80. The second-order valence-electron chi connectivity index (χ2n) is 5.78. The normalized spacial score (nSPS) is 11.8. The maximum atomic E-state index is 11.9. The summed E-state index contributed by atoms with van der Waals surface area (Å²) in [6.45, 7) is 7.85. The number of halogens is 1. The fourth-order valence-electron chi connectivity index (χ4n) is 1.68. The van der Waals surface area contributed by atoms with E-state index in [0.29, 0.717) is 6.54 Å². The number of hydrogen-bond acceptors (Lipinski definition) is 2. The Hall–Kier alpha value is -1.34. The van der Waals surface area contributed by atoms with Gasteiger partial charge in [0.1, 0.15) is 5.41 Å². The number of amides is 1. The van der Waals surface area contributed by atoms with Gasteiger partial charge in [-0.2, -0.15) is 5.26 Å². The maximum absolute atomic E-state index is 11.9. The first-order chi connectivity index (χ1) is 8.70. The first-order valence-electron chi connectivity index (χ1n) is 6.15. The molecule has 0 fully saturated rings. The van der Waals surface area contributed by atoms with Crippen molar-refractivity contribution in [3.8, 4) is 6.07 Å². The highest BCUT2D eigenvalue weighted by Crippen LogP contribution is 2.29. The van der Waals surface area contributed by atoms with Crippen LogP contribution in [0.4, 0.5) is 0 Å². The average molecular weight is 323 g/mol. The Morgan fingerprint density at radius 1 is 1.32 bits per heavy atom. The van der Waals surface area contributed by atoms with E-state index in [4.69, 9.17) is 5.26 Å². The number of carbonyl (C=O) groups is 1. The molecule has 102 valence electrons.